The van der Waals surface area contributed by atoms with E-state index in [9.17, 15) is 9.59 Å². The van der Waals surface area contributed by atoms with Gasteiger partial charge in [-0.2, -0.15) is 0 Å². The molecule has 0 atom stereocenters. The lowest BCUT2D eigenvalue weighted by atomic mass is 9.95. The third-order valence-electron chi connectivity index (χ3n) is 3.10. The minimum atomic E-state index is -0.534. The van der Waals surface area contributed by atoms with Crippen LogP contribution in [0.2, 0.25) is 0 Å². The van der Waals surface area contributed by atoms with Crippen molar-refractivity contribution < 1.29 is 19.1 Å². The van der Waals surface area contributed by atoms with Crippen LogP contribution in [0.5, 0.6) is 5.75 Å². The zero-order chi connectivity index (χ0) is 18.5. The monoisotopic (exact) mass is 353 g/mol. The Balaban J connectivity index is 2.64. The summed E-state index contributed by atoms with van der Waals surface area (Å²) in [5.74, 6) is 0.500. The van der Waals surface area contributed by atoms with Gasteiger partial charge in [-0.3, -0.25) is 4.79 Å². The van der Waals surface area contributed by atoms with Crippen LogP contribution >= 0.6 is 12.6 Å². The molecule has 0 radical (unpaired) electrons. The van der Waals surface area contributed by atoms with Gasteiger partial charge < -0.3 is 14.8 Å². The molecule has 24 heavy (non-hydrogen) atoms. The van der Waals surface area contributed by atoms with Crippen molar-refractivity contribution >= 4 is 23.8 Å². The van der Waals surface area contributed by atoms with E-state index in [2.05, 4.69) is 17.9 Å². The number of amides is 1. The maximum absolute atomic E-state index is 11.7. The first-order valence-corrected chi connectivity index (χ1v) is 8.28. The van der Waals surface area contributed by atoms with Gasteiger partial charge in [0.2, 0.25) is 5.12 Å². The molecule has 0 aliphatic heterocycles. The third-order valence-corrected chi connectivity index (χ3v) is 3.34. The molecule has 1 N–H and O–H groups in total. The maximum atomic E-state index is 11.7. The summed E-state index contributed by atoms with van der Waals surface area (Å²) in [6.45, 7) is 12.0. The summed E-state index contributed by atoms with van der Waals surface area (Å²) in [5.41, 5.74) is 0.555. The van der Waals surface area contributed by atoms with E-state index >= 15 is 0 Å². The van der Waals surface area contributed by atoms with E-state index in [0.717, 1.165) is 5.56 Å². The Morgan fingerprint density at radius 1 is 1.17 bits per heavy atom. The van der Waals surface area contributed by atoms with Gasteiger partial charge in [-0.05, 0) is 45.4 Å². The van der Waals surface area contributed by atoms with E-state index in [-0.39, 0.29) is 10.5 Å². The lowest BCUT2D eigenvalue weighted by molar-refractivity contribution is 0.0492. The zero-order valence-electron chi connectivity index (χ0n) is 15.2. The van der Waals surface area contributed by atoms with E-state index in [0.29, 0.717) is 24.5 Å². The lowest BCUT2D eigenvalue weighted by Crippen LogP contribution is -2.40. The molecule has 1 aromatic carbocycles. The first-order valence-electron chi connectivity index (χ1n) is 7.83. The van der Waals surface area contributed by atoms with Crippen molar-refractivity contribution in [1.29, 1.82) is 0 Å². The molecule has 0 unspecified atom stereocenters. The zero-order valence-corrected chi connectivity index (χ0v) is 16.1. The van der Waals surface area contributed by atoms with Gasteiger partial charge in [-0.1, -0.05) is 19.9 Å². The van der Waals surface area contributed by atoms with Gasteiger partial charge in [0, 0.05) is 12.0 Å². The summed E-state index contributed by atoms with van der Waals surface area (Å²) >= 11 is 3.87. The summed E-state index contributed by atoms with van der Waals surface area (Å²) in [5, 5.41) is 2.40. The van der Waals surface area contributed by atoms with E-state index in [1.807, 2.05) is 47.6 Å². The second-order valence-electron chi connectivity index (χ2n) is 7.61. The van der Waals surface area contributed by atoms with Gasteiger partial charge in [0.1, 0.15) is 11.4 Å². The van der Waals surface area contributed by atoms with Gasteiger partial charge in [-0.25, -0.2) is 4.79 Å². The van der Waals surface area contributed by atoms with Crippen molar-refractivity contribution in [2.24, 2.45) is 5.41 Å². The number of hydrogen-bond acceptors (Lipinski definition) is 4. The van der Waals surface area contributed by atoms with Crippen molar-refractivity contribution in [2.45, 2.75) is 47.1 Å². The molecule has 0 aliphatic rings. The molecule has 0 saturated heterocycles. The second kappa shape index (κ2) is 7.92. The average molecular weight is 353 g/mol. The highest BCUT2D eigenvalue weighted by atomic mass is 32.1. The molecule has 6 heteroatoms. The van der Waals surface area contributed by atoms with E-state index in [1.54, 1.807) is 12.1 Å². The second-order valence-corrected chi connectivity index (χ2v) is 8.02. The molecule has 0 spiro atoms. The van der Waals surface area contributed by atoms with Crippen LogP contribution in [0.3, 0.4) is 0 Å². The van der Waals surface area contributed by atoms with Gasteiger partial charge in [0.05, 0.1) is 12.2 Å². The molecule has 134 valence electrons. The summed E-state index contributed by atoms with van der Waals surface area (Å²) < 4.78 is 11.0. The van der Waals surface area contributed by atoms with Gasteiger partial charge in [0.15, 0.2) is 0 Å². The van der Waals surface area contributed by atoms with Crippen LogP contribution in [0, 0.1) is 12.3 Å². The van der Waals surface area contributed by atoms with Crippen LogP contribution in [0.25, 0.3) is 0 Å². The number of alkyl carbamates (subject to hydrolysis) is 1. The molecule has 1 aromatic rings. The molecule has 0 heterocycles. The predicted octanol–water partition coefficient (Wildman–Crippen LogP) is 3.99. The van der Waals surface area contributed by atoms with Crippen LogP contribution in [-0.4, -0.2) is 30.0 Å². The molecule has 5 nitrogen and oxygen atoms in total. The highest BCUT2D eigenvalue weighted by Gasteiger charge is 2.23. The lowest BCUT2D eigenvalue weighted by Gasteiger charge is -2.27. The number of aryl methyl sites for hydroxylation is 1. The van der Waals surface area contributed by atoms with Crippen LogP contribution in [0.1, 0.15) is 50.5 Å². The molecule has 1 amide bonds. The van der Waals surface area contributed by atoms with Crippen LogP contribution in [0.4, 0.5) is 4.79 Å². The maximum Gasteiger partial charge on any atom is 0.407 e. The smallest absolute Gasteiger partial charge is 0.407 e. The van der Waals surface area contributed by atoms with Crippen molar-refractivity contribution in [3.05, 3.63) is 29.3 Å². The molecule has 0 fully saturated rings. The number of rotatable bonds is 6. The fourth-order valence-corrected chi connectivity index (χ4v) is 2.06. The molecule has 0 aromatic heterocycles. The molecular weight excluding hydrogens is 326 g/mol. The largest absolute Gasteiger partial charge is 0.492 e. The number of benzene rings is 1. The molecule has 1 rings (SSSR count). The molecule has 0 bridgehead atoms. The first kappa shape index (κ1) is 20.4. The van der Waals surface area contributed by atoms with Crippen molar-refractivity contribution in [1.82, 2.24) is 5.32 Å². The fraction of sp³-hybridized carbons (Fsp3) is 0.556. The number of carbonyl (C=O) groups excluding carboxylic acids is 2. The summed E-state index contributed by atoms with van der Waals surface area (Å²) in [7, 11) is 0. The molecule has 0 saturated carbocycles. The SMILES string of the molecule is Cc1ccc(C(=O)S)c(OCC(C)(C)CNC(=O)OC(C)(C)C)c1. The van der Waals surface area contributed by atoms with Crippen LogP contribution < -0.4 is 10.1 Å². The minimum Gasteiger partial charge on any atom is -0.492 e. The number of hydrogen-bond donors (Lipinski definition) is 2. The highest BCUT2D eigenvalue weighted by Crippen LogP contribution is 2.25. The molecule has 0 aliphatic carbocycles. The van der Waals surface area contributed by atoms with E-state index < -0.39 is 11.7 Å². The average Bonchev–Trinajstić information content (AvgIpc) is 2.41. The predicted molar refractivity (Wildman–Crippen MR) is 98.0 cm³/mol. The van der Waals surface area contributed by atoms with E-state index in [1.165, 1.54) is 0 Å². The summed E-state index contributed by atoms with van der Waals surface area (Å²) in [4.78, 5) is 23.3. The number of carbonyl (C=O) groups is 2. The fourth-order valence-electron chi connectivity index (χ4n) is 1.88. The summed E-state index contributed by atoms with van der Waals surface area (Å²) in [6, 6.07) is 5.35. The van der Waals surface area contributed by atoms with Gasteiger partial charge in [0.25, 0.3) is 0 Å². The normalized spacial score (nSPS) is 11.8. The quantitative estimate of drug-likeness (QED) is 0.759. The third kappa shape index (κ3) is 7.25. The van der Waals surface area contributed by atoms with Gasteiger partial charge >= 0.3 is 6.09 Å². The Kier molecular flexibility index (Phi) is 6.72. The minimum absolute atomic E-state index is 0.334. The Morgan fingerprint density at radius 2 is 1.79 bits per heavy atom. The highest BCUT2D eigenvalue weighted by molar-refractivity contribution is 7.97. The Morgan fingerprint density at radius 3 is 2.33 bits per heavy atom. The Hall–Kier alpha value is -1.69. The number of ether oxygens (including phenoxy) is 2. The van der Waals surface area contributed by atoms with Crippen molar-refractivity contribution in [3.8, 4) is 5.75 Å². The summed E-state index contributed by atoms with van der Waals surface area (Å²) in [6.07, 6.45) is -0.461. The standard InChI is InChI=1S/C18H27NO4S/c1-12-7-8-13(15(20)24)14(9-12)22-11-18(5,6)10-19-16(21)23-17(2,3)4/h7-9H,10-11H2,1-6H3,(H,19,21)(H,20,24). The number of nitrogens with one attached hydrogen (secondary N) is 1. The Bertz CT molecular complexity index is 606. The van der Waals surface area contributed by atoms with E-state index in [4.69, 9.17) is 9.47 Å². The van der Waals surface area contributed by atoms with Crippen molar-refractivity contribution in [2.75, 3.05) is 13.2 Å². The van der Waals surface area contributed by atoms with Crippen LogP contribution in [0.15, 0.2) is 18.2 Å². The van der Waals surface area contributed by atoms with Gasteiger partial charge in [-0.15, -0.1) is 12.6 Å². The van der Waals surface area contributed by atoms with Crippen LogP contribution in [-0.2, 0) is 4.74 Å². The topological polar surface area (TPSA) is 64.6 Å². The Labute approximate surface area is 149 Å². The molecular formula is C18H27NO4S. The van der Waals surface area contributed by atoms with Crippen molar-refractivity contribution in [3.63, 3.8) is 0 Å². The first-order chi connectivity index (χ1) is 10.9. The number of thiol groups is 1.